The summed E-state index contributed by atoms with van der Waals surface area (Å²) in [5.74, 6) is -4.25. The number of aromatic hydroxyl groups is 1. The molecule has 1 aliphatic carbocycles. The summed E-state index contributed by atoms with van der Waals surface area (Å²) in [6, 6.07) is 21.5. The summed E-state index contributed by atoms with van der Waals surface area (Å²) >= 11 is 0.991. The van der Waals surface area contributed by atoms with E-state index in [2.05, 4.69) is 51.5 Å². The lowest BCUT2D eigenvalue weighted by molar-refractivity contribution is -0.193. The van der Waals surface area contributed by atoms with Gasteiger partial charge in [-0.3, -0.25) is 4.79 Å². The van der Waals surface area contributed by atoms with Gasteiger partial charge in [0, 0.05) is 37.5 Å². The maximum absolute atomic E-state index is 12.1. The lowest BCUT2D eigenvalue weighted by Crippen LogP contribution is -2.38. The number of oxazole rings is 1. The van der Waals surface area contributed by atoms with E-state index in [0.29, 0.717) is 41.2 Å². The molecular weight excluding hydrogens is 839 g/mol. The molecule has 1 aliphatic rings. The van der Waals surface area contributed by atoms with Crippen LogP contribution in [-0.4, -0.2) is 91.4 Å². The third kappa shape index (κ3) is 13.9. The van der Waals surface area contributed by atoms with Crippen LogP contribution in [0.5, 0.6) is 5.75 Å². The minimum Gasteiger partial charge on any atom is -0.506 e. The Balaban J connectivity index is 0.000000504. The van der Waals surface area contributed by atoms with Crippen molar-refractivity contribution in [1.29, 1.82) is 0 Å². The number of H-pyrrole nitrogens is 1. The first kappa shape index (κ1) is 48.4. The number of alkyl halides is 6. The summed E-state index contributed by atoms with van der Waals surface area (Å²) in [5.41, 5.74) is 3.04. The van der Waals surface area contributed by atoms with Crippen LogP contribution < -0.4 is 10.2 Å². The van der Waals surface area contributed by atoms with Gasteiger partial charge in [0.15, 0.2) is 5.60 Å². The Kier molecular flexibility index (Phi) is 17.0. The van der Waals surface area contributed by atoms with Crippen molar-refractivity contribution in [2.45, 2.75) is 75.5 Å². The van der Waals surface area contributed by atoms with Crippen molar-refractivity contribution in [3.8, 4) is 5.75 Å². The molecule has 2 atom stereocenters. The smallest absolute Gasteiger partial charge is 0.490 e. The van der Waals surface area contributed by atoms with Crippen LogP contribution in [0, 0.1) is 5.92 Å². The molecule has 0 radical (unpaired) electrons. The largest absolute Gasteiger partial charge is 0.506 e. The van der Waals surface area contributed by atoms with Crippen LogP contribution in [0.15, 0.2) is 82.1 Å². The molecule has 5 aromatic rings. The van der Waals surface area contributed by atoms with E-state index >= 15 is 0 Å². The first-order valence-corrected chi connectivity index (χ1v) is 19.8. The van der Waals surface area contributed by atoms with Crippen LogP contribution in [0.3, 0.4) is 0 Å². The number of benzene rings is 3. The molecule has 2 heterocycles. The van der Waals surface area contributed by atoms with Crippen molar-refractivity contribution >= 4 is 33.5 Å². The second kappa shape index (κ2) is 21.5. The Labute approximate surface area is 349 Å². The highest BCUT2D eigenvalue weighted by Crippen LogP contribution is 2.43. The van der Waals surface area contributed by atoms with E-state index in [9.17, 15) is 46.5 Å². The number of hydrogen-bond acceptors (Lipinski definition) is 11. The van der Waals surface area contributed by atoms with Gasteiger partial charge in [0.25, 0.3) is 0 Å². The van der Waals surface area contributed by atoms with Gasteiger partial charge in [-0.25, -0.2) is 14.6 Å². The van der Waals surface area contributed by atoms with Crippen LogP contribution in [0.25, 0.3) is 10.2 Å². The monoisotopic (exact) mass is 884 g/mol. The molecule has 1 saturated carbocycles. The Bertz CT molecular complexity index is 2220. The number of aliphatic hydroxyl groups is 2. The van der Waals surface area contributed by atoms with Gasteiger partial charge in [0.2, 0.25) is 5.89 Å². The highest BCUT2D eigenvalue weighted by Gasteiger charge is 2.44. The number of carboxylic acids is 2. The third-order valence-corrected chi connectivity index (χ3v) is 10.8. The number of aromatic nitrogens is 2. The number of nitrogens with one attached hydrogen (secondary N) is 2. The molecule has 332 valence electrons. The topological polar surface area (TPSA) is 209 Å². The molecular formula is C41H46F6N4O9S. The van der Waals surface area contributed by atoms with E-state index in [4.69, 9.17) is 24.2 Å². The van der Waals surface area contributed by atoms with E-state index in [0.717, 1.165) is 67.9 Å². The molecule has 13 nitrogen and oxygen atoms in total. The lowest BCUT2D eigenvalue weighted by atomic mass is 9.73. The van der Waals surface area contributed by atoms with Crippen molar-refractivity contribution in [2.75, 3.05) is 26.7 Å². The molecule has 3 aromatic carbocycles. The molecule has 2 aromatic heterocycles. The van der Waals surface area contributed by atoms with Crippen LogP contribution >= 0.6 is 11.3 Å². The fourth-order valence-corrected chi connectivity index (χ4v) is 7.72. The van der Waals surface area contributed by atoms with Gasteiger partial charge in [-0.2, -0.15) is 26.3 Å². The average molecular weight is 885 g/mol. The van der Waals surface area contributed by atoms with Gasteiger partial charge < -0.3 is 45.2 Å². The lowest BCUT2D eigenvalue weighted by Gasteiger charge is -2.36. The molecule has 0 bridgehead atoms. The van der Waals surface area contributed by atoms with Gasteiger partial charge >= 0.3 is 29.2 Å². The molecule has 0 spiro atoms. The fraction of sp³-hybridized carbons (Fsp3) is 0.415. The normalized spacial score (nSPS) is 15.0. The van der Waals surface area contributed by atoms with Gasteiger partial charge in [0.1, 0.15) is 17.0 Å². The van der Waals surface area contributed by atoms with Crippen LogP contribution in [-0.2, 0) is 34.6 Å². The summed E-state index contributed by atoms with van der Waals surface area (Å²) in [6.45, 7) is 2.59. The number of aliphatic carboxylic acids is 2. The zero-order valence-corrected chi connectivity index (χ0v) is 33.6. The number of phenolic OH excluding ortho intramolecular Hbond substituents is 1. The number of fused-ring (bicyclic) bond motifs is 1. The SMILES string of the molecule is CN(CCc1cnc([C@](O)(c2ccccc2)C2CCCCC2)o1)Cc1cccc(CCNCC(O)c2ccc(O)c3[nH]c(=O)sc23)c1.O=C(O)C(F)(F)F.O=C(O)C(F)(F)F. The van der Waals surface area contributed by atoms with Gasteiger partial charge in [0.05, 0.1) is 17.0 Å². The van der Waals surface area contributed by atoms with Crippen molar-refractivity contribution < 1.29 is 65.9 Å². The van der Waals surface area contributed by atoms with E-state index in [1.165, 1.54) is 23.6 Å². The molecule has 1 fully saturated rings. The van der Waals surface area contributed by atoms with E-state index < -0.39 is 36.0 Å². The zero-order chi connectivity index (χ0) is 45.0. The molecule has 0 aliphatic heterocycles. The van der Waals surface area contributed by atoms with Crippen molar-refractivity contribution in [2.24, 2.45) is 5.92 Å². The van der Waals surface area contributed by atoms with Crippen molar-refractivity contribution in [1.82, 2.24) is 20.2 Å². The number of phenols is 1. The number of hydrogen-bond donors (Lipinski definition) is 7. The minimum atomic E-state index is -5.08. The second-order valence-corrected chi connectivity index (χ2v) is 15.4. The van der Waals surface area contributed by atoms with E-state index in [1.54, 1.807) is 12.3 Å². The van der Waals surface area contributed by atoms with Gasteiger partial charge in [-0.15, -0.1) is 0 Å². The highest BCUT2D eigenvalue weighted by molar-refractivity contribution is 7.16. The fourth-order valence-electron chi connectivity index (χ4n) is 6.80. The summed E-state index contributed by atoms with van der Waals surface area (Å²) in [5, 5.41) is 50.4. The third-order valence-electron chi connectivity index (χ3n) is 9.83. The summed E-state index contributed by atoms with van der Waals surface area (Å²) in [6.07, 6.45) is -2.34. The van der Waals surface area contributed by atoms with Gasteiger partial charge in [-0.05, 0) is 55.6 Å². The first-order chi connectivity index (χ1) is 28.7. The standard InChI is InChI=1S/C37H44N4O5S.2C2HF3O2/c1-41(20-18-29-22-39-35(46-29)37(45,27-11-4-2-5-12-27)28-13-6-3-7-14-28)24-26-10-8-9-25(21-26)17-19-38-23-32(43)30-15-16-31(42)33-34(30)47-36(44)40-33;2*3-2(4,5)1(6)7/h2,4-5,8-12,15-16,21-22,28,32,38,42-43,45H,3,6-7,13-14,17-20,23-24H2,1H3,(H,40,44);2*(H,6,7)/t32?,37-;;/m0../s1. The number of thiazole rings is 1. The van der Waals surface area contributed by atoms with Crippen LogP contribution in [0.4, 0.5) is 26.3 Å². The van der Waals surface area contributed by atoms with Crippen LogP contribution in [0.1, 0.15) is 72.1 Å². The molecule has 20 heteroatoms. The average Bonchev–Trinajstić information content (AvgIpc) is 3.87. The molecule has 61 heavy (non-hydrogen) atoms. The number of carbonyl (C=O) groups is 2. The molecule has 7 N–H and O–H groups in total. The van der Waals surface area contributed by atoms with Crippen LogP contribution in [0.2, 0.25) is 0 Å². The Morgan fingerprint density at radius 3 is 2.18 bits per heavy atom. The second-order valence-electron chi connectivity index (χ2n) is 14.4. The predicted molar refractivity (Wildman–Crippen MR) is 212 cm³/mol. The molecule has 0 amide bonds. The summed E-state index contributed by atoms with van der Waals surface area (Å²) < 4.78 is 70.3. The maximum Gasteiger partial charge on any atom is 0.490 e. The predicted octanol–water partition coefficient (Wildman–Crippen LogP) is 6.91. The number of rotatable bonds is 14. The number of halogens is 6. The summed E-state index contributed by atoms with van der Waals surface area (Å²) in [7, 11) is 2.09. The Morgan fingerprint density at radius 2 is 1.56 bits per heavy atom. The molecule has 0 saturated heterocycles. The first-order valence-electron chi connectivity index (χ1n) is 19.0. The number of nitrogens with zero attached hydrogens (tertiary/aromatic N) is 2. The van der Waals surface area contributed by atoms with E-state index in [1.807, 2.05) is 30.3 Å². The van der Waals surface area contributed by atoms with E-state index in [-0.39, 0.29) is 16.5 Å². The number of likely N-dealkylation sites (N-methyl/N-ethyl adjacent to an activating group) is 1. The van der Waals surface area contributed by atoms with Gasteiger partial charge in [-0.1, -0.05) is 91.3 Å². The summed E-state index contributed by atoms with van der Waals surface area (Å²) in [4.78, 5) is 38.8. The number of carboxylic acid groups (broad SMARTS) is 2. The molecule has 1 unspecified atom stereocenters. The Hall–Kier alpha value is -5.28. The van der Waals surface area contributed by atoms with Crippen molar-refractivity contribution in [3.05, 3.63) is 116 Å². The zero-order valence-electron chi connectivity index (χ0n) is 32.8. The highest BCUT2D eigenvalue weighted by atomic mass is 32.1. The minimum absolute atomic E-state index is 0.00125. The molecule has 6 rings (SSSR count). The van der Waals surface area contributed by atoms with Crippen molar-refractivity contribution in [3.63, 3.8) is 0 Å². The maximum atomic E-state index is 12.1. The number of aliphatic hydroxyl groups excluding tert-OH is 1. The Morgan fingerprint density at radius 1 is 0.934 bits per heavy atom. The quantitative estimate of drug-likeness (QED) is 0.0449. The number of aromatic amines is 1.